The quantitative estimate of drug-likeness (QED) is 0.778. The van der Waals surface area contributed by atoms with Crippen molar-refractivity contribution in [3.63, 3.8) is 0 Å². The van der Waals surface area contributed by atoms with Crippen molar-refractivity contribution in [2.75, 3.05) is 5.75 Å². The first-order valence-corrected chi connectivity index (χ1v) is 9.90. The van der Waals surface area contributed by atoms with E-state index in [9.17, 15) is 9.59 Å². The number of carboxylic acids is 1. The summed E-state index contributed by atoms with van der Waals surface area (Å²) in [6.07, 6.45) is 1.93. The Morgan fingerprint density at radius 2 is 1.85 bits per heavy atom. The fraction of sp³-hybridized carbons (Fsp3) is 0.333. The first-order chi connectivity index (χ1) is 12.6. The first kappa shape index (κ1) is 18.5. The molecule has 0 radical (unpaired) electrons. The van der Waals surface area contributed by atoms with E-state index in [1.165, 1.54) is 4.90 Å². The number of aliphatic carboxylic acids is 1. The molecule has 2 aromatic rings. The zero-order valence-corrected chi connectivity index (χ0v) is 15.4. The van der Waals surface area contributed by atoms with Crippen molar-refractivity contribution in [1.29, 1.82) is 0 Å². The summed E-state index contributed by atoms with van der Waals surface area (Å²) >= 11 is 1.79. The maximum Gasteiger partial charge on any atom is 0.303 e. The summed E-state index contributed by atoms with van der Waals surface area (Å²) in [5, 5.41) is 12.1. The normalized spacial score (nSPS) is 17.2. The summed E-state index contributed by atoms with van der Waals surface area (Å²) in [5.41, 5.74) is 2.18. The third-order valence-corrected chi connectivity index (χ3v) is 5.78. The zero-order valence-electron chi connectivity index (χ0n) is 14.6. The van der Waals surface area contributed by atoms with Crippen LogP contribution < -0.4 is 5.32 Å². The number of nitrogens with one attached hydrogen (secondary N) is 1. The van der Waals surface area contributed by atoms with Crippen molar-refractivity contribution in [2.24, 2.45) is 0 Å². The van der Waals surface area contributed by atoms with Gasteiger partial charge in [0.1, 0.15) is 0 Å². The number of hydrogen-bond donors (Lipinski definition) is 2. The number of carboxylic acid groups (broad SMARTS) is 1. The Balaban J connectivity index is 1.71. The molecule has 1 heterocycles. The number of fused-ring (bicyclic) bond motifs is 1. The van der Waals surface area contributed by atoms with Crippen LogP contribution in [0.3, 0.4) is 0 Å². The molecule has 136 valence electrons. The van der Waals surface area contributed by atoms with Crippen LogP contribution >= 0.6 is 11.8 Å². The lowest BCUT2D eigenvalue weighted by molar-refractivity contribution is -0.137. The molecule has 0 saturated heterocycles. The fourth-order valence-corrected chi connectivity index (χ4v) is 4.46. The third kappa shape index (κ3) is 4.88. The standard InChI is InChI=1S/C21H23NO3S/c23-20(24)11-10-16(14-15-6-2-1-3-7-15)22-21(25)18-12-13-26-19-9-5-4-8-17(18)19/h1-9,16,18H,10-14H2,(H,22,25)(H,23,24). The van der Waals surface area contributed by atoms with Gasteiger partial charge in [0, 0.05) is 17.4 Å². The Morgan fingerprint density at radius 1 is 1.12 bits per heavy atom. The van der Waals surface area contributed by atoms with E-state index in [1.807, 2.05) is 48.5 Å². The van der Waals surface area contributed by atoms with Crippen LogP contribution in [0.4, 0.5) is 0 Å². The van der Waals surface area contributed by atoms with Crippen LogP contribution in [-0.2, 0) is 16.0 Å². The lowest BCUT2D eigenvalue weighted by Gasteiger charge is -2.27. The van der Waals surface area contributed by atoms with Gasteiger partial charge in [-0.15, -0.1) is 11.8 Å². The van der Waals surface area contributed by atoms with E-state index in [-0.39, 0.29) is 24.3 Å². The molecule has 3 rings (SSSR count). The highest BCUT2D eigenvalue weighted by Crippen LogP contribution is 2.37. The molecule has 2 unspecified atom stereocenters. The lowest BCUT2D eigenvalue weighted by Crippen LogP contribution is -2.40. The molecule has 4 nitrogen and oxygen atoms in total. The molecule has 0 spiro atoms. The van der Waals surface area contributed by atoms with E-state index < -0.39 is 5.97 Å². The van der Waals surface area contributed by atoms with Crippen LogP contribution in [0.5, 0.6) is 0 Å². The first-order valence-electron chi connectivity index (χ1n) is 8.91. The number of rotatable bonds is 7. The molecule has 1 aliphatic heterocycles. The van der Waals surface area contributed by atoms with Crippen LogP contribution in [0.15, 0.2) is 59.5 Å². The second-order valence-corrected chi connectivity index (χ2v) is 7.69. The molecule has 0 bridgehead atoms. The molecule has 1 amide bonds. The summed E-state index contributed by atoms with van der Waals surface area (Å²) in [5.74, 6) is -0.0653. The van der Waals surface area contributed by atoms with Crippen molar-refractivity contribution in [3.8, 4) is 0 Å². The SMILES string of the molecule is O=C(O)CCC(Cc1ccccc1)NC(=O)C1CCSc2ccccc21. The van der Waals surface area contributed by atoms with Crippen LogP contribution in [-0.4, -0.2) is 28.8 Å². The number of amides is 1. The van der Waals surface area contributed by atoms with Crippen molar-refractivity contribution in [3.05, 3.63) is 65.7 Å². The van der Waals surface area contributed by atoms with Crippen LogP contribution in [0, 0.1) is 0 Å². The smallest absolute Gasteiger partial charge is 0.303 e. The van der Waals surface area contributed by atoms with Gasteiger partial charge in [-0.2, -0.15) is 0 Å². The second kappa shape index (κ2) is 8.90. The topological polar surface area (TPSA) is 66.4 Å². The Bertz CT molecular complexity index is 763. The van der Waals surface area contributed by atoms with E-state index >= 15 is 0 Å². The van der Waals surface area contributed by atoms with Crippen molar-refractivity contribution < 1.29 is 14.7 Å². The molecule has 26 heavy (non-hydrogen) atoms. The molecule has 2 atom stereocenters. The largest absolute Gasteiger partial charge is 0.481 e. The van der Waals surface area contributed by atoms with E-state index in [4.69, 9.17) is 5.11 Å². The molecule has 0 fully saturated rings. The third-order valence-electron chi connectivity index (χ3n) is 4.65. The predicted octanol–water partition coefficient (Wildman–Crippen LogP) is 3.86. The number of carbonyl (C=O) groups excluding carboxylic acids is 1. The second-order valence-electron chi connectivity index (χ2n) is 6.56. The molecule has 0 aliphatic carbocycles. The summed E-state index contributed by atoms with van der Waals surface area (Å²) in [6.45, 7) is 0. The van der Waals surface area contributed by atoms with Crippen LogP contribution in [0.1, 0.15) is 36.3 Å². The highest BCUT2D eigenvalue weighted by Gasteiger charge is 2.28. The van der Waals surface area contributed by atoms with E-state index in [0.29, 0.717) is 12.8 Å². The summed E-state index contributed by atoms with van der Waals surface area (Å²) in [6, 6.07) is 17.8. The van der Waals surface area contributed by atoms with Gasteiger partial charge in [-0.05, 0) is 42.2 Å². The molecule has 1 aliphatic rings. The van der Waals surface area contributed by atoms with Crippen molar-refractivity contribution >= 4 is 23.6 Å². The molecule has 0 saturated carbocycles. The van der Waals surface area contributed by atoms with Gasteiger partial charge in [0.25, 0.3) is 0 Å². The minimum absolute atomic E-state index is 0.00377. The minimum atomic E-state index is -0.836. The maximum absolute atomic E-state index is 12.9. The molecule has 2 aromatic carbocycles. The highest BCUT2D eigenvalue weighted by molar-refractivity contribution is 7.99. The van der Waals surface area contributed by atoms with Gasteiger partial charge in [-0.3, -0.25) is 9.59 Å². The average Bonchev–Trinajstić information content (AvgIpc) is 2.66. The molecular weight excluding hydrogens is 346 g/mol. The van der Waals surface area contributed by atoms with Gasteiger partial charge in [-0.1, -0.05) is 48.5 Å². The summed E-state index contributed by atoms with van der Waals surface area (Å²) in [7, 11) is 0. The number of carbonyl (C=O) groups is 2. The van der Waals surface area contributed by atoms with Crippen molar-refractivity contribution in [1.82, 2.24) is 5.32 Å². The summed E-state index contributed by atoms with van der Waals surface area (Å²) < 4.78 is 0. The van der Waals surface area contributed by atoms with Gasteiger partial charge in [-0.25, -0.2) is 0 Å². The van der Waals surface area contributed by atoms with Gasteiger partial charge in [0.2, 0.25) is 5.91 Å². The average molecular weight is 369 g/mol. The molecule has 0 aromatic heterocycles. The van der Waals surface area contributed by atoms with Crippen LogP contribution in [0.25, 0.3) is 0 Å². The fourth-order valence-electron chi connectivity index (χ4n) is 3.34. The van der Waals surface area contributed by atoms with E-state index in [1.54, 1.807) is 11.8 Å². The Hall–Kier alpha value is -2.27. The van der Waals surface area contributed by atoms with Gasteiger partial charge >= 0.3 is 5.97 Å². The van der Waals surface area contributed by atoms with Gasteiger partial charge in [0.05, 0.1) is 5.92 Å². The number of thioether (sulfide) groups is 1. The monoisotopic (exact) mass is 369 g/mol. The number of benzene rings is 2. The maximum atomic E-state index is 12.9. The van der Waals surface area contributed by atoms with Crippen molar-refractivity contribution in [2.45, 2.75) is 42.5 Å². The lowest BCUT2D eigenvalue weighted by atomic mass is 9.93. The van der Waals surface area contributed by atoms with Gasteiger partial charge in [0.15, 0.2) is 0 Å². The number of hydrogen-bond acceptors (Lipinski definition) is 3. The van der Waals surface area contributed by atoms with Gasteiger partial charge < -0.3 is 10.4 Å². The molecule has 2 N–H and O–H groups in total. The molecular formula is C21H23NO3S. The van der Waals surface area contributed by atoms with E-state index in [2.05, 4.69) is 11.4 Å². The van der Waals surface area contributed by atoms with Crippen LogP contribution in [0.2, 0.25) is 0 Å². The Kier molecular flexibility index (Phi) is 6.34. The minimum Gasteiger partial charge on any atom is -0.481 e. The van der Waals surface area contributed by atoms with E-state index in [0.717, 1.165) is 23.3 Å². The molecule has 5 heteroatoms. The predicted molar refractivity (Wildman–Crippen MR) is 103 cm³/mol. The Morgan fingerprint density at radius 3 is 2.62 bits per heavy atom. The summed E-state index contributed by atoms with van der Waals surface area (Å²) in [4.78, 5) is 25.1. The zero-order chi connectivity index (χ0) is 18.4. The highest BCUT2D eigenvalue weighted by atomic mass is 32.2. The Labute approximate surface area is 158 Å².